The molecule has 108 valence electrons. The summed E-state index contributed by atoms with van der Waals surface area (Å²) < 4.78 is 10.6. The van der Waals surface area contributed by atoms with Crippen molar-refractivity contribution in [2.24, 2.45) is 0 Å². The fourth-order valence-corrected chi connectivity index (χ4v) is 2.38. The van der Waals surface area contributed by atoms with Crippen molar-refractivity contribution in [3.8, 4) is 11.5 Å². The lowest BCUT2D eigenvalue weighted by molar-refractivity contribution is 0.0593. The zero-order chi connectivity index (χ0) is 14.7. The number of carbonyl (C=O) groups is 1. The summed E-state index contributed by atoms with van der Waals surface area (Å²) in [4.78, 5) is 15.5. The minimum atomic E-state index is -0.478. The van der Waals surface area contributed by atoms with Gasteiger partial charge in [-0.3, -0.25) is 0 Å². The van der Waals surface area contributed by atoms with Crippen LogP contribution in [0.15, 0.2) is 36.5 Å². The van der Waals surface area contributed by atoms with E-state index in [1.807, 2.05) is 12.1 Å². The molecule has 1 aromatic heterocycles. The summed E-state index contributed by atoms with van der Waals surface area (Å²) >= 11 is 0. The molecule has 0 radical (unpaired) electrons. The molecule has 0 bridgehead atoms. The van der Waals surface area contributed by atoms with Crippen molar-refractivity contribution in [1.29, 1.82) is 0 Å². The number of hydrogen-bond acceptors (Lipinski definition) is 5. The van der Waals surface area contributed by atoms with E-state index in [-0.39, 0.29) is 5.69 Å². The Labute approximate surface area is 122 Å². The summed E-state index contributed by atoms with van der Waals surface area (Å²) in [6.45, 7) is 0.942. The molecule has 0 atom stereocenters. The standard InChI is InChI=1S/C16H16N2O3/c1-20-16(19)13-10-12(7-9-17-13)21-14-6-2-4-11-5-3-8-18-15(11)14/h2,4,6-7,9-10,18H,3,5,8H2,1H3. The topological polar surface area (TPSA) is 60.5 Å². The van der Waals surface area contributed by atoms with E-state index in [1.54, 1.807) is 12.1 Å². The monoisotopic (exact) mass is 284 g/mol. The average Bonchev–Trinajstić information content (AvgIpc) is 2.55. The number of para-hydroxylation sites is 1. The van der Waals surface area contributed by atoms with Crippen molar-refractivity contribution < 1.29 is 14.3 Å². The summed E-state index contributed by atoms with van der Waals surface area (Å²) in [5, 5.41) is 3.37. The first-order chi connectivity index (χ1) is 10.3. The first kappa shape index (κ1) is 13.4. The molecule has 2 heterocycles. The molecule has 2 aromatic rings. The second-order valence-electron chi connectivity index (χ2n) is 4.79. The van der Waals surface area contributed by atoms with Crippen molar-refractivity contribution >= 4 is 11.7 Å². The highest BCUT2D eigenvalue weighted by atomic mass is 16.5. The minimum absolute atomic E-state index is 0.229. The maximum Gasteiger partial charge on any atom is 0.356 e. The van der Waals surface area contributed by atoms with E-state index < -0.39 is 5.97 Å². The first-order valence-corrected chi connectivity index (χ1v) is 6.86. The Balaban J connectivity index is 1.89. The van der Waals surface area contributed by atoms with E-state index >= 15 is 0 Å². The van der Waals surface area contributed by atoms with E-state index in [9.17, 15) is 4.79 Å². The Hall–Kier alpha value is -2.56. The Morgan fingerprint density at radius 2 is 2.24 bits per heavy atom. The molecule has 0 spiro atoms. The number of anilines is 1. The molecule has 0 unspecified atom stereocenters. The van der Waals surface area contributed by atoms with Gasteiger partial charge in [-0.25, -0.2) is 9.78 Å². The quantitative estimate of drug-likeness (QED) is 0.878. The molecule has 1 aliphatic rings. The van der Waals surface area contributed by atoms with Gasteiger partial charge in [-0.05, 0) is 30.5 Å². The summed E-state index contributed by atoms with van der Waals surface area (Å²) in [5.74, 6) is 0.842. The summed E-state index contributed by atoms with van der Waals surface area (Å²) in [7, 11) is 1.33. The number of pyridine rings is 1. The van der Waals surface area contributed by atoms with Gasteiger partial charge in [0, 0.05) is 18.8 Å². The van der Waals surface area contributed by atoms with E-state index in [1.165, 1.54) is 18.9 Å². The van der Waals surface area contributed by atoms with E-state index in [2.05, 4.69) is 21.1 Å². The largest absolute Gasteiger partial charge is 0.464 e. The van der Waals surface area contributed by atoms with Gasteiger partial charge >= 0.3 is 5.97 Å². The molecule has 1 aliphatic heterocycles. The van der Waals surface area contributed by atoms with Crippen LogP contribution in [0.1, 0.15) is 22.5 Å². The fourth-order valence-electron chi connectivity index (χ4n) is 2.38. The molecule has 1 N–H and O–H groups in total. The molecule has 3 rings (SSSR count). The van der Waals surface area contributed by atoms with Crippen molar-refractivity contribution in [3.05, 3.63) is 47.8 Å². The number of aryl methyl sites for hydroxylation is 1. The van der Waals surface area contributed by atoms with Crippen molar-refractivity contribution in [2.45, 2.75) is 12.8 Å². The smallest absolute Gasteiger partial charge is 0.356 e. The second kappa shape index (κ2) is 5.83. The minimum Gasteiger partial charge on any atom is -0.464 e. The molecule has 0 fully saturated rings. The van der Waals surface area contributed by atoms with Crippen LogP contribution in [0.3, 0.4) is 0 Å². The number of nitrogens with one attached hydrogen (secondary N) is 1. The maximum absolute atomic E-state index is 11.5. The lowest BCUT2D eigenvalue weighted by Gasteiger charge is -2.21. The van der Waals surface area contributed by atoms with Crippen LogP contribution in [-0.2, 0) is 11.2 Å². The van der Waals surface area contributed by atoms with Crippen molar-refractivity contribution in [1.82, 2.24) is 4.98 Å². The third-order valence-corrected chi connectivity index (χ3v) is 3.39. The van der Waals surface area contributed by atoms with Gasteiger partial charge in [0.2, 0.25) is 0 Å². The van der Waals surface area contributed by atoms with Gasteiger partial charge in [0.1, 0.15) is 5.75 Å². The summed E-state index contributed by atoms with van der Waals surface area (Å²) in [6, 6.07) is 9.28. The zero-order valence-electron chi connectivity index (χ0n) is 11.8. The second-order valence-corrected chi connectivity index (χ2v) is 4.79. The van der Waals surface area contributed by atoms with Crippen LogP contribution in [0, 0.1) is 0 Å². The van der Waals surface area contributed by atoms with Crippen molar-refractivity contribution in [2.75, 3.05) is 19.0 Å². The first-order valence-electron chi connectivity index (χ1n) is 6.86. The Kier molecular flexibility index (Phi) is 3.73. The molecular formula is C16H16N2O3. The number of carbonyl (C=O) groups excluding carboxylic acids is 1. The lowest BCUT2D eigenvalue weighted by Crippen LogP contribution is -2.12. The van der Waals surface area contributed by atoms with E-state index in [0.29, 0.717) is 5.75 Å². The van der Waals surface area contributed by atoms with Crippen LogP contribution in [0.5, 0.6) is 11.5 Å². The lowest BCUT2D eigenvalue weighted by atomic mass is 10.0. The average molecular weight is 284 g/mol. The molecular weight excluding hydrogens is 268 g/mol. The molecule has 0 saturated heterocycles. The normalized spacial score (nSPS) is 13.0. The predicted octanol–water partition coefficient (Wildman–Crippen LogP) is 3.02. The third-order valence-electron chi connectivity index (χ3n) is 3.39. The van der Waals surface area contributed by atoms with Crippen molar-refractivity contribution in [3.63, 3.8) is 0 Å². The number of hydrogen-bond donors (Lipinski definition) is 1. The summed E-state index contributed by atoms with van der Waals surface area (Å²) in [6.07, 6.45) is 3.70. The summed E-state index contributed by atoms with van der Waals surface area (Å²) in [5.41, 5.74) is 2.51. The van der Waals surface area contributed by atoms with Gasteiger partial charge in [-0.1, -0.05) is 12.1 Å². The molecule has 0 aliphatic carbocycles. The Morgan fingerprint density at radius 3 is 3.10 bits per heavy atom. The molecule has 0 amide bonds. The molecule has 0 saturated carbocycles. The van der Waals surface area contributed by atoms with Crippen LogP contribution in [-0.4, -0.2) is 24.6 Å². The molecule has 5 heteroatoms. The molecule has 21 heavy (non-hydrogen) atoms. The number of methoxy groups -OCH3 is 1. The number of nitrogens with zero attached hydrogens (tertiary/aromatic N) is 1. The van der Waals surface area contributed by atoms with Gasteiger partial charge in [-0.2, -0.15) is 0 Å². The Morgan fingerprint density at radius 1 is 1.33 bits per heavy atom. The van der Waals surface area contributed by atoms with Crippen LogP contribution in [0.4, 0.5) is 5.69 Å². The Bertz CT molecular complexity index is 670. The SMILES string of the molecule is COC(=O)c1cc(Oc2cccc3c2NCCC3)ccn1. The predicted molar refractivity (Wildman–Crippen MR) is 78.9 cm³/mol. The number of fused-ring (bicyclic) bond motifs is 1. The number of rotatable bonds is 3. The number of esters is 1. The highest BCUT2D eigenvalue weighted by Gasteiger charge is 2.15. The van der Waals surface area contributed by atoms with E-state index in [4.69, 9.17) is 4.74 Å². The van der Waals surface area contributed by atoms with Gasteiger partial charge in [0.15, 0.2) is 11.4 Å². The third kappa shape index (κ3) is 2.81. The molecule has 5 nitrogen and oxygen atoms in total. The maximum atomic E-state index is 11.5. The van der Waals surface area contributed by atoms with Crippen LogP contribution >= 0.6 is 0 Å². The zero-order valence-corrected chi connectivity index (χ0v) is 11.8. The number of aromatic nitrogens is 1. The van der Waals surface area contributed by atoms with E-state index in [0.717, 1.165) is 30.8 Å². The van der Waals surface area contributed by atoms with Crippen LogP contribution < -0.4 is 10.1 Å². The van der Waals surface area contributed by atoms with Gasteiger partial charge < -0.3 is 14.8 Å². The molecule has 1 aromatic carbocycles. The fraction of sp³-hybridized carbons (Fsp3) is 0.250. The van der Waals surface area contributed by atoms with Crippen LogP contribution in [0.2, 0.25) is 0 Å². The number of benzene rings is 1. The highest BCUT2D eigenvalue weighted by Crippen LogP contribution is 2.35. The number of ether oxygens (including phenoxy) is 2. The van der Waals surface area contributed by atoms with Crippen LogP contribution in [0.25, 0.3) is 0 Å². The van der Waals surface area contributed by atoms with Gasteiger partial charge in [0.25, 0.3) is 0 Å². The van der Waals surface area contributed by atoms with Gasteiger partial charge in [0.05, 0.1) is 12.8 Å². The van der Waals surface area contributed by atoms with Gasteiger partial charge in [-0.15, -0.1) is 0 Å². The highest BCUT2D eigenvalue weighted by molar-refractivity contribution is 5.87.